The molecule has 24 heavy (non-hydrogen) atoms. The number of benzene rings is 1. The molecule has 1 aromatic carbocycles. The van der Waals surface area contributed by atoms with Crippen LogP contribution in [0.1, 0.15) is 35.7 Å². The van der Waals surface area contributed by atoms with Crippen LogP contribution in [0.15, 0.2) is 30.5 Å². The Bertz CT molecular complexity index is 777. The van der Waals surface area contributed by atoms with Crippen molar-refractivity contribution in [1.82, 2.24) is 14.7 Å². The van der Waals surface area contributed by atoms with Gasteiger partial charge in [-0.1, -0.05) is 13.3 Å². The average molecular weight is 341 g/mol. The maximum atomic E-state index is 12.7. The van der Waals surface area contributed by atoms with Crippen LogP contribution in [-0.4, -0.2) is 38.3 Å². The number of anilines is 1. The van der Waals surface area contributed by atoms with Crippen LogP contribution in [-0.2, 0) is 0 Å². The highest BCUT2D eigenvalue weighted by Gasteiger charge is 2.29. The Morgan fingerprint density at radius 2 is 2.21 bits per heavy atom. The van der Waals surface area contributed by atoms with Crippen molar-refractivity contribution in [3.8, 4) is 11.8 Å². The van der Waals surface area contributed by atoms with Gasteiger partial charge < -0.3 is 10.6 Å². The number of hydrogen-bond acceptors (Lipinski definition) is 5. The van der Waals surface area contributed by atoms with Crippen molar-refractivity contribution in [2.24, 2.45) is 0 Å². The lowest BCUT2D eigenvalue weighted by atomic mass is 10.1. The minimum absolute atomic E-state index is 0.0659. The molecule has 1 saturated heterocycles. The number of amides is 1. The standard InChI is InChI=1S/C17H19N5OS/c1-2-3-15-21(8-9-24-15)17(23)12-4-6-14(7-5-12)22-16(19)13(10-18)11-20-22/h4-7,11,15H,2-3,8-9,19H2,1H3/t15-/m1/s1. The summed E-state index contributed by atoms with van der Waals surface area (Å²) in [6.07, 6.45) is 3.53. The van der Waals surface area contributed by atoms with Crippen molar-refractivity contribution < 1.29 is 4.79 Å². The van der Waals surface area contributed by atoms with Gasteiger partial charge in [0.2, 0.25) is 0 Å². The molecule has 0 spiro atoms. The van der Waals surface area contributed by atoms with E-state index < -0.39 is 0 Å². The Morgan fingerprint density at radius 3 is 2.83 bits per heavy atom. The van der Waals surface area contributed by atoms with Gasteiger partial charge in [-0.05, 0) is 30.7 Å². The molecule has 1 atom stereocenters. The van der Waals surface area contributed by atoms with Gasteiger partial charge in [-0.25, -0.2) is 4.68 Å². The molecule has 3 rings (SSSR count). The second kappa shape index (κ2) is 6.97. The lowest BCUT2D eigenvalue weighted by Crippen LogP contribution is -2.34. The summed E-state index contributed by atoms with van der Waals surface area (Å²) in [6, 6.07) is 9.18. The number of carbonyl (C=O) groups excluding carboxylic acids is 1. The lowest BCUT2D eigenvalue weighted by molar-refractivity contribution is 0.0756. The predicted octanol–water partition coefficient (Wildman–Crippen LogP) is 2.64. The van der Waals surface area contributed by atoms with E-state index in [0.717, 1.165) is 30.8 Å². The molecule has 124 valence electrons. The minimum Gasteiger partial charge on any atom is -0.382 e. The van der Waals surface area contributed by atoms with Gasteiger partial charge in [-0.2, -0.15) is 10.4 Å². The van der Waals surface area contributed by atoms with Gasteiger partial charge in [0.1, 0.15) is 17.5 Å². The zero-order valence-electron chi connectivity index (χ0n) is 13.5. The Kier molecular flexibility index (Phi) is 4.76. The van der Waals surface area contributed by atoms with Crippen molar-refractivity contribution in [3.05, 3.63) is 41.6 Å². The van der Waals surface area contributed by atoms with Crippen LogP contribution < -0.4 is 5.73 Å². The monoisotopic (exact) mass is 341 g/mol. The molecular weight excluding hydrogens is 322 g/mol. The highest BCUT2D eigenvalue weighted by molar-refractivity contribution is 8.00. The maximum Gasteiger partial charge on any atom is 0.254 e. The first-order valence-electron chi connectivity index (χ1n) is 7.92. The van der Waals surface area contributed by atoms with Crippen molar-refractivity contribution >= 4 is 23.5 Å². The van der Waals surface area contributed by atoms with Gasteiger partial charge in [0.25, 0.3) is 5.91 Å². The summed E-state index contributed by atoms with van der Waals surface area (Å²) >= 11 is 1.85. The molecule has 7 heteroatoms. The topological polar surface area (TPSA) is 87.9 Å². The maximum absolute atomic E-state index is 12.7. The number of thioether (sulfide) groups is 1. The zero-order valence-corrected chi connectivity index (χ0v) is 14.3. The number of nitrogens with zero attached hydrogens (tertiary/aromatic N) is 4. The largest absolute Gasteiger partial charge is 0.382 e. The molecule has 1 amide bonds. The van der Waals surface area contributed by atoms with E-state index in [2.05, 4.69) is 12.0 Å². The number of rotatable bonds is 4. The molecule has 6 nitrogen and oxygen atoms in total. The summed E-state index contributed by atoms with van der Waals surface area (Å²) in [5.74, 6) is 1.36. The van der Waals surface area contributed by atoms with Crippen molar-refractivity contribution in [2.45, 2.75) is 25.1 Å². The fourth-order valence-electron chi connectivity index (χ4n) is 2.80. The van der Waals surface area contributed by atoms with Crippen molar-refractivity contribution in [3.63, 3.8) is 0 Å². The first kappa shape index (κ1) is 16.4. The molecule has 0 unspecified atom stereocenters. The summed E-state index contributed by atoms with van der Waals surface area (Å²) in [4.78, 5) is 14.7. The number of nitrogens with two attached hydrogens (primary N) is 1. The summed E-state index contributed by atoms with van der Waals surface area (Å²) in [5.41, 5.74) is 7.62. The normalized spacial score (nSPS) is 17.0. The van der Waals surface area contributed by atoms with Gasteiger partial charge >= 0.3 is 0 Å². The Morgan fingerprint density at radius 1 is 1.46 bits per heavy atom. The van der Waals surface area contributed by atoms with E-state index in [9.17, 15) is 4.79 Å². The molecule has 2 heterocycles. The van der Waals surface area contributed by atoms with E-state index in [1.807, 2.05) is 22.7 Å². The number of aromatic nitrogens is 2. The molecular formula is C17H19N5OS. The van der Waals surface area contributed by atoms with Crippen LogP contribution >= 0.6 is 11.8 Å². The molecule has 1 aliphatic heterocycles. The predicted molar refractivity (Wildman–Crippen MR) is 94.9 cm³/mol. The van der Waals surface area contributed by atoms with Gasteiger partial charge in [0.15, 0.2) is 0 Å². The second-order valence-electron chi connectivity index (χ2n) is 5.63. The van der Waals surface area contributed by atoms with E-state index >= 15 is 0 Å². The zero-order chi connectivity index (χ0) is 17.1. The third kappa shape index (κ3) is 2.97. The van der Waals surface area contributed by atoms with E-state index in [1.54, 1.807) is 24.3 Å². The van der Waals surface area contributed by atoms with Crippen LogP contribution in [0.25, 0.3) is 5.69 Å². The van der Waals surface area contributed by atoms with E-state index in [-0.39, 0.29) is 11.3 Å². The fraction of sp³-hybridized carbons (Fsp3) is 0.353. The average Bonchev–Trinajstić information content (AvgIpc) is 3.21. The van der Waals surface area contributed by atoms with E-state index in [1.165, 1.54) is 10.9 Å². The molecule has 1 aromatic heterocycles. The quantitative estimate of drug-likeness (QED) is 0.923. The summed E-state index contributed by atoms with van der Waals surface area (Å²) in [5, 5.41) is 13.3. The molecule has 0 saturated carbocycles. The Hall–Kier alpha value is -2.46. The third-order valence-corrected chi connectivity index (χ3v) is 5.37. The number of carbonyl (C=O) groups is 1. The van der Waals surface area contributed by atoms with Crippen LogP contribution in [0.2, 0.25) is 0 Å². The van der Waals surface area contributed by atoms with Gasteiger partial charge in [-0.3, -0.25) is 4.79 Å². The van der Waals surface area contributed by atoms with Crippen LogP contribution in [0.4, 0.5) is 5.82 Å². The number of hydrogen-bond donors (Lipinski definition) is 1. The van der Waals surface area contributed by atoms with Crippen molar-refractivity contribution in [1.29, 1.82) is 5.26 Å². The molecule has 0 aliphatic carbocycles. The van der Waals surface area contributed by atoms with Crippen LogP contribution in [0.3, 0.4) is 0 Å². The number of nitrogen functional groups attached to an aromatic ring is 1. The Labute approximate surface area is 145 Å². The smallest absolute Gasteiger partial charge is 0.254 e. The van der Waals surface area contributed by atoms with Gasteiger partial charge in [0.05, 0.1) is 17.3 Å². The van der Waals surface area contributed by atoms with Crippen molar-refractivity contribution in [2.75, 3.05) is 18.0 Å². The molecule has 2 N–H and O–H groups in total. The number of nitriles is 1. The molecule has 1 fully saturated rings. The third-order valence-electron chi connectivity index (χ3n) is 4.07. The highest BCUT2D eigenvalue weighted by atomic mass is 32.2. The van der Waals surface area contributed by atoms with Gasteiger partial charge in [0, 0.05) is 17.9 Å². The molecule has 2 aromatic rings. The Balaban J connectivity index is 1.80. The summed E-state index contributed by atoms with van der Waals surface area (Å²) in [7, 11) is 0. The second-order valence-corrected chi connectivity index (χ2v) is 6.91. The van der Waals surface area contributed by atoms with Gasteiger partial charge in [-0.15, -0.1) is 11.8 Å². The van der Waals surface area contributed by atoms with E-state index in [0.29, 0.717) is 16.9 Å². The van der Waals surface area contributed by atoms with Crippen LogP contribution in [0, 0.1) is 11.3 Å². The SMILES string of the molecule is CCC[C@H]1SCCN1C(=O)c1ccc(-n2ncc(C#N)c2N)cc1. The summed E-state index contributed by atoms with van der Waals surface area (Å²) in [6.45, 7) is 2.94. The highest BCUT2D eigenvalue weighted by Crippen LogP contribution is 2.29. The molecule has 0 radical (unpaired) electrons. The molecule has 1 aliphatic rings. The van der Waals surface area contributed by atoms with E-state index in [4.69, 9.17) is 11.0 Å². The van der Waals surface area contributed by atoms with Crippen LogP contribution in [0.5, 0.6) is 0 Å². The first-order chi connectivity index (χ1) is 11.7. The fourth-order valence-corrected chi connectivity index (χ4v) is 4.16. The lowest BCUT2D eigenvalue weighted by Gasteiger charge is -2.23. The first-order valence-corrected chi connectivity index (χ1v) is 8.97. The molecule has 0 bridgehead atoms. The minimum atomic E-state index is 0.0659. The summed E-state index contributed by atoms with van der Waals surface area (Å²) < 4.78 is 1.50.